The fourth-order valence-electron chi connectivity index (χ4n) is 2.97. The van der Waals surface area contributed by atoms with Gasteiger partial charge in [0, 0.05) is 16.8 Å². The van der Waals surface area contributed by atoms with Gasteiger partial charge in [-0.15, -0.1) is 0 Å². The Morgan fingerprint density at radius 2 is 1.87 bits per heavy atom. The zero-order chi connectivity index (χ0) is 22.0. The smallest absolute Gasteiger partial charge is 0.257 e. The van der Waals surface area contributed by atoms with E-state index in [-0.39, 0.29) is 11.0 Å². The maximum absolute atomic E-state index is 12.3. The van der Waals surface area contributed by atoms with Crippen molar-refractivity contribution >= 4 is 56.0 Å². The minimum atomic E-state index is -0.271. The topological polar surface area (TPSA) is 76.4 Å². The molecule has 0 aliphatic rings. The molecule has 0 saturated carbocycles. The van der Waals surface area contributed by atoms with Crippen LogP contribution in [0.5, 0.6) is 5.75 Å². The fourth-order valence-corrected chi connectivity index (χ4v) is 3.72. The Morgan fingerprint density at radius 3 is 2.58 bits per heavy atom. The number of benzene rings is 3. The zero-order valence-electron chi connectivity index (χ0n) is 16.7. The fraction of sp³-hybridized carbons (Fsp3) is 0.0870. The number of oxazole rings is 1. The molecule has 31 heavy (non-hydrogen) atoms. The van der Waals surface area contributed by atoms with E-state index in [2.05, 4.69) is 31.5 Å². The molecule has 1 heterocycles. The lowest BCUT2D eigenvalue weighted by atomic mass is 10.1. The average Bonchev–Trinajstić information content (AvgIpc) is 3.17. The number of anilines is 1. The summed E-state index contributed by atoms with van der Waals surface area (Å²) < 4.78 is 11.9. The van der Waals surface area contributed by atoms with Gasteiger partial charge in [0.05, 0.1) is 11.6 Å². The number of ether oxygens (including phenoxy) is 1. The largest absolute Gasteiger partial charge is 0.496 e. The number of nitrogens with one attached hydrogen (secondary N) is 2. The quantitative estimate of drug-likeness (QED) is 0.353. The summed E-state index contributed by atoms with van der Waals surface area (Å²) in [5.74, 6) is 0.950. The van der Waals surface area contributed by atoms with Gasteiger partial charge in [0.15, 0.2) is 10.7 Å². The van der Waals surface area contributed by atoms with Crippen LogP contribution in [0.1, 0.15) is 15.9 Å². The van der Waals surface area contributed by atoms with E-state index in [1.54, 1.807) is 25.3 Å². The molecule has 0 aliphatic carbocycles. The minimum absolute atomic E-state index is 0.202. The van der Waals surface area contributed by atoms with Crippen molar-refractivity contribution in [3.8, 4) is 17.2 Å². The van der Waals surface area contributed by atoms with Gasteiger partial charge in [-0.2, -0.15) is 0 Å². The highest BCUT2D eigenvalue weighted by Crippen LogP contribution is 2.32. The molecule has 156 valence electrons. The number of amides is 1. The highest BCUT2D eigenvalue weighted by molar-refractivity contribution is 9.10. The summed E-state index contributed by atoms with van der Waals surface area (Å²) in [6, 6.07) is 18.3. The van der Waals surface area contributed by atoms with Gasteiger partial charge < -0.3 is 14.5 Å². The van der Waals surface area contributed by atoms with Crippen LogP contribution < -0.4 is 15.4 Å². The second-order valence-corrected chi connectivity index (χ2v) is 8.09. The highest BCUT2D eigenvalue weighted by atomic mass is 79.9. The Balaban J connectivity index is 1.49. The van der Waals surface area contributed by atoms with E-state index in [9.17, 15) is 4.79 Å². The molecule has 0 saturated heterocycles. The molecular formula is C23H18BrN3O3S. The maximum atomic E-state index is 12.3. The van der Waals surface area contributed by atoms with Gasteiger partial charge in [0.2, 0.25) is 5.89 Å². The van der Waals surface area contributed by atoms with Crippen molar-refractivity contribution in [3.05, 3.63) is 76.3 Å². The first kappa shape index (κ1) is 21.0. The number of aromatic nitrogens is 1. The number of rotatable bonds is 4. The summed E-state index contributed by atoms with van der Waals surface area (Å²) in [4.78, 5) is 16.9. The summed E-state index contributed by atoms with van der Waals surface area (Å²) in [5.41, 5.74) is 4.44. The van der Waals surface area contributed by atoms with Crippen molar-refractivity contribution in [2.45, 2.75) is 6.92 Å². The molecule has 0 spiro atoms. The first-order valence-electron chi connectivity index (χ1n) is 9.36. The molecular weight excluding hydrogens is 478 g/mol. The minimum Gasteiger partial charge on any atom is -0.496 e. The van der Waals surface area contributed by atoms with Gasteiger partial charge in [-0.1, -0.05) is 17.7 Å². The molecule has 0 atom stereocenters. The molecule has 6 nitrogen and oxygen atoms in total. The van der Waals surface area contributed by atoms with E-state index < -0.39 is 0 Å². The number of carbonyl (C=O) groups is 1. The van der Waals surface area contributed by atoms with Gasteiger partial charge in [0.25, 0.3) is 5.91 Å². The van der Waals surface area contributed by atoms with Crippen LogP contribution in [0.4, 0.5) is 5.69 Å². The van der Waals surface area contributed by atoms with Crippen molar-refractivity contribution in [1.82, 2.24) is 10.3 Å². The van der Waals surface area contributed by atoms with Gasteiger partial charge in [-0.25, -0.2) is 4.98 Å². The number of thiocarbonyl (C=S) groups is 1. The zero-order valence-corrected chi connectivity index (χ0v) is 19.1. The Hall–Kier alpha value is -3.23. The maximum Gasteiger partial charge on any atom is 0.257 e. The second-order valence-electron chi connectivity index (χ2n) is 6.83. The molecule has 2 N–H and O–H groups in total. The van der Waals surface area contributed by atoms with Gasteiger partial charge in [-0.3, -0.25) is 10.1 Å². The van der Waals surface area contributed by atoms with Gasteiger partial charge in [-0.05, 0) is 83.6 Å². The molecule has 4 rings (SSSR count). The SMILES string of the molecule is COc1ccc(-c2nc3cc(NC(=S)NC(=O)c4ccc(C)cc4)ccc3o2)cc1Br. The number of aryl methyl sites for hydroxylation is 1. The molecule has 0 radical (unpaired) electrons. The number of nitrogens with zero attached hydrogens (tertiary/aromatic N) is 1. The van der Waals surface area contributed by atoms with Gasteiger partial charge in [0.1, 0.15) is 11.3 Å². The van der Waals surface area contributed by atoms with E-state index in [1.807, 2.05) is 49.4 Å². The standard InChI is InChI=1S/C23H18BrN3O3S/c1-13-3-5-14(6-4-13)21(28)27-23(31)25-16-8-10-20-18(12-16)26-22(30-20)15-7-9-19(29-2)17(24)11-15/h3-12H,1-2H3,(H2,25,27,28,31). The summed E-state index contributed by atoms with van der Waals surface area (Å²) in [5, 5.41) is 5.90. The lowest BCUT2D eigenvalue weighted by Crippen LogP contribution is -2.34. The summed E-state index contributed by atoms with van der Waals surface area (Å²) >= 11 is 8.75. The van der Waals surface area contributed by atoms with Crippen LogP contribution in [-0.2, 0) is 0 Å². The van der Waals surface area contributed by atoms with Crippen LogP contribution in [0.2, 0.25) is 0 Å². The monoisotopic (exact) mass is 495 g/mol. The lowest BCUT2D eigenvalue weighted by Gasteiger charge is -2.09. The Kier molecular flexibility index (Phi) is 6.01. The molecule has 8 heteroatoms. The highest BCUT2D eigenvalue weighted by Gasteiger charge is 2.12. The Bertz CT molecular complexity index is 1290. The van der Waals surface area contributed by atoms with Crippen LogP contribution in [0.3, 0.4) is 0 Å². The first-order valence-corrected chi connectivity index (χ1v) is 10.6. The molecule has 1 amide bonds. The molecule has 0 bridgehead atoms. The first-order chi connectivity index (χ1) is 14.9. The van der Waals surface area contributed by atoms with Crippen LogP contribution in [0.25, 0.3) is 22.6 Å². The molecule has 0 aliphatic heterocycles. The Morgan fingerprint density at radius 1 is 1.10 bits per heavy atom. The lowest BCUT2D eigenvalue weighted by molar-refractivity contribution is 0.0977. The third kappa shape index (κ3) is 4.76. The second kappa shape index (κ2) is 8.87. The van der Waals surface area contributed by atoms with E-state index in [0.717, 1.165) is 21.3 Å². The van der Waals surface area contributed by atoms with Crippen LogP contribution in [0, 0.1) is 6.92 Å². The Labute approximate surface area is 192 Å². The number of halogens is 1. The van der Waals surface area contributed by atoms with E-state index in [1.165, 1.54) is 0 Å². The normalized spacial score (nSPS) is 10.7. The number of hydrogen-bond acceptors (Lipinski definition) is 5. The number of methoxy groups -OCH3 is 1. The number of carbonyl (C=O) groups excluding carboxylic acids is 1. The van der Waals surface area contributed by atoms with Gasteiger partial charge >= 0.3 is 0 Å². The molecule has 3 aromatic carbocycles. The molecule has 4 aromatic rings. The molecule has 1 aromatic heterocycles. The van der Waals surface area contributed by atoms with Crippen molar-refractivity contribution in [2.75, 3.05) is 12.4 Å². The summed E-state index contributed by atoms with van der Waals surface area (Å²) in [6.45, 7) is 1.97. The summed E-state index contributed by atoms with van der Waals surface area (Å²) in [7, 11) is 1.61. The van der Waals surface area contributed by atoms with Crippen LogP contribution in [0.15, 0.2) is 69.6 Å². The summed E-state index contributed by atoms with van der Waals surface area (Å²) in [6.07, 6.45) is 0. The molecule has 0 fully saturated rings. The average molecular weight is 496 g/mol. The van der Waals surface area contributed by atoms with Crippen LogP contribution in [-0.4, -0.2) is 23.1 Å². The third-order valence-electron chi connectivity index (χ3n) is 4.58. The van der Waals surface area contributed by atoms with E-state index in [0.29, 0.717) is 28.2 Å². The van der Waals surface area contributed by atoms with Crippen LogP contribution >= 0.6 is 28.1 Å². The van der Waals surface area contributed by atoms with Crippen molar-refractivity contribution < 1.29 is 13.9 Å². The van der Waals surface area contributed by atoms with Crippen molar-refractivity contribution in [3.63, 3.8) is 0 Å². The van der Waals surface area contributed by atoms with E-state index in [4.69, 9.17) is 21.4 Å². The number of hydrogen-bond donors (Lipinski definition) is 2. The third-order valence-corrected chi connectivity index (χ3v) is 5.41. The van der Waals surface area contributed by atoms with Crippen molar-refractivity contribution in [2.24, 2.45) is 0 Å². The van der Waals surface area contributed by atoms with E-state index >= 15 is 0 Å². The predicted octanol–water partition coefficient (Wildman–Crippen LogP) is 5.70. The number of fused-ring (bicyclic) bond motifs is 1. The van der Waals surface area contributed by atoms with Crippen molar-refractivity contribution in [1.29, 1.82) is 0 Å². The molecule has 0 unspecified atom stereocenters. The predicted molar refractivity (Wildman–Crippen MR) is 129 cm³/mol.